The standard InChI is InChI=1S/C23H30N4O3S.2C22H34N2O3S.C19H22N4O2.C18H22N4O.C6H5ClN2O2.ClH.H2/c1-22(2,3)31(29)26-19-17-8-6-5-7-16(17)15-23(19)9-13-27(14-10-23)20-18(21(28)30-4)24-11-12-25-20;2*1-20(2,3)27-19(25)24-13-11-22(12-14-24)15-16-9-7-8-10-17(16)18(22)23-28(26)21(4,5)6;1-25-18(24)15-17(22-9-8-21-15)23-10-6-19(7-11-23)12-13-4-2-3-5-14(13)16(19)20;19-16-14-4-2-1-3-13(14)11-18(16)5-9-22(10-6-18)17-15(12-23)20-7-8-21-17;1-11-6(10)4-5(7)9-3-2-8-4;;/h5-8,11-12,19,26H,9-10,13-15H2,1-4H3;2*7-10,18,23H,11-15H2,1-6H3;2-5,8-9,16H,6-7,10-12,20H2,1H3;1-4,7-8,16,23H,5-6,9-12,19H2;2-3H,1H3;2*1H/t19-,31-;2*18-,28-;2*16-;;;/m11111.../s1. The summed E-state index contributed by atoms with van der Waals surface area (Å²) in [5.41, 5.74) is 26.8. The Morgan fingerprint density at radius 1 is 0.367 bits per heavy atom. The second-order valence-electron chi connectivity index (χ2n) is 44.9. The lowest BCUT2D eigenvalue weighted by molar-refractivity contribution is 0.00625. The van der Waals surface area contributed by atoms with E-state index in [0.29, 0.717) is 43.5 Å². The van der Waals surface area contributed by atoms with Gasteiger partial charge in [-0.1, -0.05) is 133 Å². The number of aliphatic hydroxyl groups is 1. The molecule has 5 fully saturated rings. The molecule has 9 aromatic rings. The summed E-state index contributed by atoms with van der Waals surface area (Å²) in [7, 11) is 0.512. The number of hydrogen-bond acceptors (Lipinski definition) is 27. The maximum absolute atomic E-state index is 13.0. The molecule has 5 spiro atoms. The monoisotopic (exact) mass is 2110 g/mol. The summed E-state index contributed by atoms with van der Waals surface area (Å²) in [5.74, 6) is 0.484. The Balaban J connectivity index is 0.000000160. The summed E-state index contributed by atoms with van der Waals surface area (Å²) in [6.45, 7) is 36.9. The number of fused-ring (bicyclic) bond motifs is 5. The van der Waals surface area contributed by atoms with Crippen molar-refractivity contribution < 1.29 is 66.8 Å². The first-order chi connectivity index (χ1) is 69.2. The first kappa shape index (κ1) is 114. The van der Waals surface area contributed by atoms with Gasteiger partial charge in [0, 0.05) is 129 Å². The van der Waals surface area contributed by atoms with Crippen molar-refractivity contribution >= 4 is 105 Å². The van der Waals surface area contributed by atoms with E-state index in [0.717, 1.165) is 141 Å². The second kappa shape index (κ2) is 47.4. The van der Waals surface area contributed by atoms with E-state index in [1.165, 1.54) is 102 Å². The number of aliphatic hydroxyl groups excluding tert-OH is 1. The molecule has 5 aliphatic heterocycles. The van der Waals surface area contributed by atoms with Crippen molar-refractivity contribution in [3.05, 3.63) is 254 Å². The number of hydrogen-bond donors (Lipinski definition) is 6. The van der Waals surface area contributed by atoms with Gasteiger partial charge in [-0.2, -0.15) is 0 Å². The summed E-state index contributed by atoms with van der Waals surface area (Å²) in [6, 6.07) is 42.8. The van der Waals surface area contributed by atoms with Crippen molar-refractivity contribution in [3.63, 3.8) is 0 Å². The SMILES string of the molecule is CC(C)(C)OC(=O)N1CCC2(CC1)Cc1ccccc1[C@H]2N[S@](=O)C(C)(C)C.CC(C)(C)OC(=O)N1CCC2(CC1)Cc1ccccc1[C@H]2N[S@](=O)C(C)(C)C.COC(=O)c1nccnc1Cl.COC(=O)c1nccnc1N1CCC2(CC1)Cc1ccccc1[C@H]2N.COC(=O)c1nccnc1N1CCC2(CC1)Cc1ccccc1[C@H]2N[S@](=O)C(C)(C)C.Cl.N[C@@H]1c2ccccc2CC12CCN(c1nccnc1CO)CC2.[HH]. The highest BCUT2D eigenvalue weighted by atomic mass is 35.5. The molecule has 2 amide bonds. The molecule has 9 heterocycles. The number of anilines is 3. The van der Waals surface area contributed by atoms with E-state index in [-0.39, 0.29) is 126 Å². The fourth-order valence-corrected chi connectivity index (χ4v) is 25.1. The molecule has 0 radical (unpaired) electrons. The fourth-order valence-electron chi connectivity index (χ4n) is 22.1. The van der Waals surface area contributed by atoms with Crippen molar-refractivity contribution in [1.82, 2.24) is 63.8 Å². The fraction of sp³-hybridized carbons (Fsp3) is 0.536. The van der Waals surface area contributed by atoms with Gasteiger partial charge in [-0.05, 0) is 283 Å². The van der Waals surface area contributed by atoms with Crippen molar-refractivity contribution in [2.24, 2.45) is 38.5 Å². The zero-order valence-corrected chi connectivity index (χ0v) is 92.2. The third kappa shape index (κ3) is 26.2. The van der Waals surface area contributed by atoms with Gasteiger partial charge in [0.15, 0.2) is 39.7 Å². The van der Waals surface area contributed by atoms with Gasteiger partial charge in [0.25, 0.3) is 0 Å². The third-order valence-electron chi connectivity index (χ3n) is 30.1. The van der Waals surface area contributed by atoms with Gasteiger partial charge < -0.3 is 64.8 Å². The van der Waals surface area contributed by atoms with Crippen LogP contribution in [0.4, 0.5) is 27.0 Å². The number of carbonyl (C=O) groups excluding carboxylic acids is 5. The number of nitrogens with two attached hydrogens (primary N) is 2. The predicted octanol–water partition coefficient (Wildman–Crippen LogP) is 17.4. The predicted molar refractivity (Wildman–Crippen MR) is 579 cm³/mol. The molecule has 8 atom stereocenters. The minimum absolute atomic E-state index is 0. The Hall–Kier alpha value is -10.4. The van der Waals surface area contributed by atoms with E-state index >= 15 is 0 Å². The Morgan fingerprint density at radius 2 is 0.612 bits per heavy atom. The molecule has 37 heteroatoms. The first-order valence-electron chi connectivity index (χ1n) is 50.6. The molecular weight excluding hydrogens is 1960 g/mol. The number of likely N-dealkylation sites (tertiary alicyclic amines) is 2. The average molecular weight is 2120 g/mol. The maximum Gasteiger partial charge on any atom is 0.410 e. The van der Waals surface area contributed by atoms with E-state index in [1.807, 2.05) is 114 Å². The van der Waals surface area contributed by atoms with Crippen LogP contribution < -0.4 is 40.3 Å². The van der Waals surface area contributed by atoms with Crippen LogP contribution in [0.2, 0.25) is 5.15 Å². The average Bonchev–Trinajstić information content (AvgIpc) is 1.58. The number of halogens is 2. The number of aromatic nitrogens is 8. The Labute approximate surface area is 886 Å². The highest BCUT2D eigenvalue weighted by molar-refractivity contribution is 7.85. The molecule has 10 aliphatic rings. The van der Waals surface area contributed by atoms with Crippen LogP contribution >= 0.6 is 24.0 Å². The number of ether oxygens (including phenoxy) is 5. The Bertz CT molecular complexity index is 6050. The molecule has 4 aromatic heterocycles. The van der Waals surface area contributed by atoms with Crippen LogP contribution in [0.3, 0.4) is 0 Å². The van der Waals surface area contributed by atoms with E-state index in [4.69, 9.17) is 42.0 Å². The minimum atomic E-state index is -1.17. The molecule has 32 nitrogen and oxygen atoms in total. The smallest absolute Gasteiger partial charge is 0.410 e. The Morgan fingerprint density at radius 3 is 0.905 bits per heavy atom. The number of piperidine rings is 5. The summed E-state index contributed by atoms with van der Waals surface area (Å²) >= 11 is 5.52. The molecule has 147 heavy (non-hydrogen) atoms. The lowest BCUT2D eigenvalue weighted by atomic mass is 9.73. The number of carbonyl (C=O) groups is 5. The number of nitrogens with zero attached hydrogens (tertiary/aromatic N) is 13. The van der Waals surface area contributed by atoms with Crippen LogP contribution in [0.25, 0.3) is 0 Å². The number of rotatable bonds is 13. The van der Waals surface area contributed by atoms with Crippen LogP contribution in [0.1, 0.15) is 292 Å². The molecule has 19 rings (SSSR count). The summed E-state index contributed by atoms with van der Waals surface area (Å²) in [4.78, 5) is 103. The third-order valence-corrected chi connectivity index (χ3v) is 35.1. The number of methoxy groups -OCH3 is 3. The highest BCUT2D eigenvalue weighted by Gasteiger charge is 2.55. The summed E-state index contributed by atoms with van der Waals surface area (Å²) in [5, 5.41) is 9.52. The van der Waals surface area contributed by atoms with E-state index in [1.54, 1.807) is 24.8 Å². The zero-order chi connectivity index (χ0) is 105. The van der Waals surface area contributed by atoms with Crippen molar-refractivity contribution in [2.45, 2.75) is 262 Å². The number of nitrogens with one attached hydrogen (secondary N) is 3. The van der Waals surface area contributed by atoms with Crippen molar-refractivity contribution in [1.29, 1.82) is 0 Å². The molecule has 0 saturated carbocycles. The van der Waals surface area contributed by atoms with Crippen LogP contribution in [0, 0.1) is 27.1 Å². The van der Waals surface area contributed by atoms with Gasteiger partial charge in [-0.15, -0.1) is 12.4 Å². The van der Waals surface area contributed by atoms with Gasteiger partial charge in [-0.3, -0.25) is 4.98 Å². The molecule has 5 aliphatic carbocycles. The summed E-state index contributed by atoms with van der Waals surface area (Å²) < 4.78 is 73.4. The minimum Gasteiger partial charge on any atom is -0.464 e. The number of esters is 3. The Kier molecular flexibility index (Phi) is 36.7. The number of benzene rings is 5. The van der Waals surface area contributed by atoms with Gasteiger partial charge in [0.1, 0.15) is 16.9 Å². The molecule has 0 unspecified atom stereocenters. The van der Waals surface area contributed by atoms with Gasteiger partial charge in [0.2, 0.25) is 0 Å². The lowest BCUT2D eigenvalue weighted by Crippen LogP contribution is -2.49. The largest absolute Gasteiger partial charge is 0.464 e. The normalized spacial score (nSPS) is 20.9. The van der Waals surface area contributed by atoms with Gasteiger partial charge in [0.05, 0.1) is 93.3 Å². The first-order valence-corrected chi connectivity index (χ1v) is 54.4. The van der Waals surface area contributed by atoms with E-state index in [9.17, 15) is 41.7 Å². The second-order valence-corrected chi connectivity index (χ2v) is 51.3. The molecule has 796 valence electrons. The zero-order valence-electron chi connectivity index (χ0n) is 88.2. The highest BCUT2D eigenvalue weighted by Crippen LogP contribution is 2.58. The molecule has 5 aromatic carbocycles. The molecular formula is C110H150Cl2N18O14S3. The van der Waals surface area contributed by atoms with Crippen LogP contribution in [0.5, 0.6) is 0 Å². The van der Waals surface area contributed by atoms with Crippen LogP contribution in [-0.4, -0.2) is 210 Å². The quantitative estimate of drug-likeness (QED) is 0.0461. The number of amides is 2. The van der Waals surface area contributed by atoms with Crippen molar-refractivity contribution in [3.8, 4) is 0 Å². The van der Waals surface area contributed by atoms with Gasteiger partial charge >= 0.3 is 30.1 Å². The topological polar surface area (TPSA) is 410 Å². The van der Waals surface area contributed by atoms with Crippen LogP contribution in [-0.2, 0) is 95.4 Å². The summed E-state index contributed by atoms with van der Waals surface area (Å²) in [6.07, 6.45) is 26.2. The molecule has 5 saturated heterocycles. The lowest BCUT2D eigenvalue weighted by Gasteiger charge is -2.44. The van der Waals surface area contributed by atoms with E-state index in [2.05, 4.69) is 195 Å². The molecule has 0 bridgehead atoms. The maximum atomic E-state index is 13.0. The van der Waals surface area contributed by atoms with Gasteiger partial charge in [-0.25, -0.2) is 85.7 Å². The molecule has 8 N–H and O–H groups in total. The van der Waals surface area contributed by atoms with Crippen molar-refractivity contribution in [2.75, 3.05) is 101 Å². The van der Waals surface area contributed by atoms with E-state index < -0.39 is 62.1 Å². The van der Waals surface area contributed by atoms with Crippen LogP contribution in [0.15, 0.2) is 171 Å².